The Hall–Kier alpha value is -2.25. The van der Waals surface area contributed by atoms with Gasteiger partial charge in [0, 0.05) is 30.6 Å². The maximum absolute atomic E-state index is 13.1. The zero-order valence-corrected chi connectivity index (χ0v) is 16.5. The predicted molar refractivity (Wildman–Crippen MR) is 104 cm³/mol. The SMILES string of the molecule is COC(=O)CCN(CC1CCCO1)C(=O)c1ccc(-c2ccsc2)nc1C. The maximum Gasteiger partial charge on any atom is 0.307 e. The first-order chi connectivity index (χ1) is 13.1. The summed E-state index contributed by atoms with van der Waals surface area (Å²) in [6.45, 7) is 3.34. The van der Waals surface area contributed by atoms with Crippen molar-refractivity contribution >= 4 is 23.2 Å². The molecular formula is C20H24N2O4S. The van der Waals surface area contributed by atoms with E-state index in [0.29, 0.717) is 24.3 Å². The minimum Gasteiger partial charge on any atom is -0.469 e. The summed E-state index contributed by atoms with van der Waals surface area (Å²) in [5.41, 5.74) is 3.13. The van der Waals surface area contributed by atoms with Crippen LogP contribution >= 0.6 is 11.3 Å². The predicted octanol–water partition coefficient (Wildman–Crippen LogP) is 3.30. The third kappa shape index (κ3) is 4.93. The third-order valence-electron chi connectivity index (χ3n) is 4.68. The van der Waals surface area contributed by atoms with Crippen LogP contribution in [0.3, 0.4) is 0 Å². The molecule has 0 saturated carbocycles. The molecule has 144 valence electrons. The van der Waals surface area contributed by atoms with Gasteiger partial charge in [0.1, 0.15) is 0 Å². The minimum absolute atomic E-state index is 0.0185. The molecule has 1 atom stereocenters. The summed E-state index contributed by atoms with van der Waals surface area (Å²) >= 11 is 1.61. The molecule has 1 aliphatic heterocycles. The van der Waals surface area contributed by atoms with Gasteiger partial charge in [0.15, 0.2) is 0 Å². The van der Waals surface area contributed by atoms with Gasteiger partial charge in [0.25, 0.3) is 5.91 Å². The standard InChI is InChI=1S/C20H24N2O4S/c1-14-17(5-6-18(21-14)15-8-11-27-13-15)20(24)22(9-7-19(23)25-2)12-16-4-3-10-26-16/h5-6,8,11,13,16H,3-4,7,9-10,12H2,1-2H3. The van der Waals surface area contributed by atoms with E-state index in [0.717, 1.165) is 30.7 Å². The summed E-state index contributed by atoms with van der Waals surface area (Å²) in [7, 11) is 1.35. The average Bonchev–Trinajstić information content (AvgIpc) is 3.38. The highest BCUT2D eigenvalue weighted by Gasteiger charge is 2.25. The van der Waals surface area contributed by atoms with Crippen molar-refractivity contribution in [3.8, 4) is 11.3 Å². The molecular weight excluding hydrogens is 364 g/mol. The number of aryl methyl sites for hydroxylation is 1. The van der Waals surface area contributed by atoms with Crippen molar-refractivity contribution in [3.63, 3.8) is 0 Å². The molecule has 0 aliphatic carbocycles. The molecule has 1 saturated heterocycles. The summed E-state index contributed by atoms with van der Waals surface area (Å²) in [5, 5.41) is 4.03. The van der Waals surface area contributed by atoms with Gasteiger partial charge in [-0.3, -0.25) is 14.6 Å². The van der Waals surface area contributed by atoms with Crippen molar-refractivity contribution in [2.24, 2.45) is 0 Å². The van der Waals surface area contributed by atoms with Crippen molar-refractivity contribution in [1.82, 2.24) is 9.88 Å². The van der Waals surface area contributed by atoms with Gasteiger partial charge in [0.2, 0.25) is 0 Å². The number of nitrogens with zero attached hydrogens (tertiary/aromatic N) is 2. The number of carbonyl (C=O) groups excluding carboxylic acids is 2. The van der Waals surface area contributed by atoms with Crippen LogP contribution in [0.15, 0.2) is 29.0 Å². The number of ether oxygens (including phenoxy) is 2. The van der Waals surface area contributed by atoms with Crippen molar-refractivity contribution < 1.29 is 19.1 Å². The van der Waals surface area contributed by atoms with Crippen molar-refractivity contribution in [1.29, 1.82) is 0 Å². The number of carbonyl (C=O) groups is 2. The molecule has 1 unspecified atom stereocenters. The van der Waals surface area contributed by atoms with E-state index in [2.05, 4.69) is 4.98 Å². The van der Waals surface area contributed by atoms with Crippen LogP contribution in [0.5, 0.6) is 0 Å². The normalized spacial score (nSPS) is 16.3. The lowest BCUT2D eigenvalue weighted by Gasteiger charge is -2.25. The van der Waals surface area contributed by atoms with Crippen LogP contribution in [0.2, 0.25) is 0 Å². The van der Waals surface area contributed by atoms with Crippen LogP contribution in [0.25, 0.3) is 11.3 Å². The van der Waals surface area contributed by atoms with Crippen LogP contribution < -0.4 is 0 Å². The Morgan fingerprint density at radius 1 is 1.37 bits per heavy atom. The van der Waals surface area contributed by atoms with Gasteiger partial charge in [-0.05, 0) is 43.3 Å². The zero-order valence-electron chi connectivity index (χ0n) is 15.6. The topological polar surface area (TPSA) is 68.7 Å². The Labute approximate surface area is 163 Å². The fraction of sp³-hybridized carbons (Fsp3) is 0.450. The molecule has 1 fully saturated rings. The quantitative estimate of drug-likeness (QED) is 0.681. The average molecular weight is 388 g/mol. The van der Waals surface area contributed by atoms with Gasteiger partial charge >= 0.3 is 5.97 Å². The van der Waals surface area contributed by atoms with Crippen LogP contribution in [-0.2, 0) is 14.3 Å². The number of hydrogen-bond donors (Lipinski definition) is 0. The molecule has 0 bridgehead atoms. The number of pyridine rings is 1. The van der Waals surface area contributed by atoms with E-state index < -0.39 is 0 Å². The van der Waals surface area contributed by atoms with Crippen LogP contribution in [0, 0.1) is 6.92 Å². The van der Waals surface area contributed by atoms with Crippen molar-refractivity contribution in [3.05, 3.63) is 40.2 Å². The summed E-state index contributed by atoms with van der Waals surface area (Å²) in [5.74, 6) is -0.459. The monoisotopic (exact) mass is 388 g/mol. The molecule has 0 spiro atoms. The lowest BCUT2D eigenvalue weighted by molar-refractivity contribution is -0.140. The maximum atomic E-state index is 13.1. The van der Waals surface area contributed by atoms with Gasteiger partial charge in [-0.15, -0.1) is 0 Å². The Balaban J connectivity index is 1.78. The largest absolute Gasteiger partial charge is 0.469 e. The Morgan fingerprint density at radius 2 is 2.22 bits per heavy atom. The molecule has 1 aliphatic rings. The summed E-state index contributed by atoms with van der Waals surface area (Å²) in [6.07, 6.45) is 2.11. The second-order valence-corrected chi connectivity index (χ2v) is 7.33. The second kappa shape index (κ2) is 9.10. The molecule has 3 rings (SSSR count). The van der Waals surface area contributed by atoms with E-state index in [4.69, 9.17) is 9.47 Å². The number of esters is 1. The number of methoxy groups -OCH3 is 1. The molecule has 27 heavy (non-hydrogen) atoms. The first-order valence-electron chi connectivity index (χ1n) is 9.06. The van der Waals surface area contributed by atoms with Gasteiger partial charge in [-0.1, -0.05) is 0 Å². The number of aromatic nitrogens is 1. The van der Waals surface area contributed by atoms with Gasteiger partial charge in [-0.2, -0.15) is 11.3 Å². The van der Waals surface area contributed by atoms with Crippen molar-refractivity contribution in [2.75, 3.05) is 26.8 Å². The second-order valence-electron chi connectivity index (χ2n) is 6.55. The van der Waals surface area contributed by atoms with E-state index in [9.17, 15) is 9.59 Å². The Kier molecular flexibility index (Phi) is 6.58. The molecule has 6 nitrogen and oxygen atoms in total. The molecule has 2 aromatic heterocycles. The summed E-state index contributed by atoms with van der Waals surface area (Å²) in [4.78, 5) is 31.0. The molecule has 7 heteroatoms. The highest BCUT2D eigenvalue weighted by molar-refractivity contribution is 7.08. The van der Waals surface area contributed by atoms with E-state index >= 15 is 0 Å². The highest BCUT2D eigenvalue weighted by atomic mass is 32.1. The van der Waals surface area contributed by atoms with E-state index in [1.165, 1.54) is 7.11 Å². The van der Waals surface area contributed by atoms with E-state index in [-0.39, 0.29) is 24.4 Å². The minimum atomic E-state index is -0.331. The van der Waals surface area contributed by atoms with E-state index in [1.54, 1.807) is 16.2 Å². The lowest BCUT2D eigenvalue weighted by Crippen LogP contribution is -2.39. The fourth-order valence-electron chi connectivity index (χ4n) is 3.17. The first-order valence-corrected chi connectivity index (χ1v) is 10.0. The van der Waals surface area contributed by atoms with Crippen LogP contribution in [0.1, 0.15) is 35.3 Å². The zero-order chi connectivity index (χ0) is 19.2. The summed E-state index contributed by atoms with van der Waals surface area (Å²) < 4.78 is 10.4. The van der Waals surface area contributed by atoms with Gasteiger partial charge in [-0.25, -0.2) is 0 Å². The third-order valence-corrected chi connectivity index (χ3v) is 5.37. The van der Waals surface area contributed by atoms with Crippen LogP contribution in [0.4, 0.5) is 0 Å². The van der Waals surface area contributed by atoms with Gasteiger partial charge in [0.05, 0.1) is 36.6 Å². The molecule has 0 N–H and O–H groups in total. The molecule has 0 aromatic carbocycles. The molecule has 3 heterocycles. The Bertz CT molecular complexity index is 785. The molecule has 0 radical (unpaired) electrons. The lowest BCUT2D eigenvalue weighted by atomic mass is 10.1. The highest BCUT2D eigenvalue weighted by Crippen LogP contribution is 2.23. The van der Waals surface area contributed by atoms with Gasteiger partial charge < -0.3 is 14.4 Å². The van der Waals surface area contributed by atoms with Crippen LogP contribution in [-0.4, -0.2) is 54.7 Å². The number of rotatable bonds is 7. The smallest absolute Gasteiger partial charge is 0.307 e. The summed E-state index contributed by atoms with van der Waals surface area (Å²) in [6, 6.07) is 5.69. The number of thiophene rings is 1. The van der Waals surface area contributed by atoms with Crippen molar-refractivity contribution in [2.45, 2.75) is 32.3 Å². The fourth-order valence-corrected chi connectivity index (χ4v) is 3.82. The molecule has 2 aromatic rings. The number of amides is 1. The van der Waals surface area contributed by atoms with E-state index in [1.807, 2.05) is 35.9 Å². The molecule has 1 amide bonds. The first kappa shape index (κ1) is 19.5. The number of hydrogen-bond acceptors (Lipinski definition) is 6. The Morgan fingerprint density at radius 3 is 2.85 bits per heavy atom.